The summed E-state index contributed by atoms with van der Waals surface area (Å²) < 4.78 is 11.5. The van der Waals surface area contributed by atoms with Crippen molar-refractivity contribution in [2.24, 2.45) is 0 Å². The lowest BCUT2D eigenvalue weighted by atomic mass is 10.2. The Balaban J connectivity index is 1.71. The topological polar surface area (TPSA) is 81.5 Å². The molecule has 2 aromatic carbocycles. The molecule has 8 heteroatoms. The Morgan fingerprint density at radius 1 is 1.03 bits per heavy atom. The van der Waals surface area contributed by atoms with Crippen molar-refractivity contribution in [3.63, 3.8) is 0 Å². The summed E-state index contributed by atoms with van der Waals surface area (Å²) in [4.78, 5) is 16.7. The number of nitrogens with zero attached hydrogens (tertiary/aromatic N) is 4. The molecule has 0 spiro atoms. The predicted molar refractivity (Wildman–Crippen MR) is 130 cm³/mol. The summed E-state index contributed by atoms with van der Waals surface area (Å²) in [6.07, 6.45) is 0. The van der Waals surface area contributed by atoms with Gasteiger partial charge in [-0.1, -0.05) is 18.2 Å². The van der Waals surface area contributed by atoms with E-state index in [4.69, 9.17) is 9.47 Å². The third-order valence-corrected chi connectivity index (χ3v) is 5.34. The number of carbonyl (C=O) groups is 1. The average Bonchev–Trinajstić information content (AvgIpc) is 3.18. The number of nitrogens with one attached hydrogen (secondary N) is 1. The van der Waals surface area contributed by atoms with Crippen LogP contribution in [0.1, 0.15) is 43.9 Å². The van der Waals surface area contributed by atoms with Crippen molar-refractivity contribution in [2.75, 3.05) is 25.6 Å². The van der Waals surface area contributed by atoms with Crippen molar-refractivity contribution in [3.05, 3.63) is 59.9 Å². The Morgan fingerprint density at radius 3 is 2.36 bits per heavy atom. The van der Waals surface area contributed by atoms with E-state index < -0.39 is 0 Å². The van der Waals surface area contributed by atoms with Crippen LogP contribution in [-0.2, 0) is 0 Å². The minimum atomic E-state index is -0.336. The van der Waals surface area contributed by atoms with E-state index >= 15 is 0 Å². The SMILES string of the molecule is COc1ccc(NC(=O)c2nn(-c3ccccc3)nc2C)cc1OCCN(C(C)C)C(C)C. The number of benzene rings is 2. The Bertz CT molecular complexity index is 1060. The summed E-state index contributed by atoms with van der Waals surface area (Å²) in [5.41, 5.74) is 2.19. The van der Waals surface area contributed by atoms with E-state index in [0.29, 0.717) is 41.6 Å². The molecule has 1 amide bonds. The number of hydrogen-bond acceptors (Lipinski definition) is 6. The molecule has 0 radical (unpaired) electrons. The lowest BCUT2D eigenvalue weighted by Crippen LogP contribution is -2.39. The minimum absolute atomic E-state index is 0.265. The lowest BCUT2D eigenvalue weighted by molar-refractivity contribution is 0.102. The Kier molecular flexibility index (Phi) is 8.06. The normalized spacial score (nSPS) is 11.3. The van der Waals surface area contributed by atoms with Gasteiger partial charge in [-0.3, -0.25) is 9.69 Å². The van der Waals surface area contributed by atoms with Gasteiger partial charge in [-0.05, 0) is 58.9 Å². The van der Waals surface area contributed by atoms with Crippen LogP contribution in [0, 0.1) is 6.92 Å². The molecule has 1 heterocycles. The van der Waals surface area contributed by atoms with Crippen molar-refractivity contribution in [1.82, 2.24) is 19.9 Å². The monoisotopic (exact) mass is 451 g/mol. The summed E-state index contributed by atoms with van der Waals surface area (Å²) in [5, 5.41) is 11.6. The van der Waals surface area contributed by atoms with Crippen LogP contribution in [0.4, 0.5) is 5.69 Å². The van der Waals surface area contributed by atoms with Crippen molar-refractivity contribution >= 4 is 11.6 Å². The van der Waals surface area contributed by atoms with E-state index in [0.717, 1.165) is 12.2 Å². The second-order valence-electron chi connectivity index (χ2n) is 8.35. The van der Waals surface area contributed by atoms with Gasteiger partial charge in [0.2, 0.25) is 0 Å². The molecular formula is C25H33N5O3. The molecular weight excluding hydrogens is 418 g/mol. The molecule has 33 heavy (non-hydrogen) atoms. The van der Waals surface area contributed by atoms with E-state index in [1.54, 1.807) is 32.2 Å². The zero-order chi connectivity index (χ0) is 24.0. The van der Waals surface area contributed by atoms with Gasteiger partial charge in [0.1, 0.15) is 6.61 Å². The summed E-state index contributed by atoms with van der Waals surface area (Å²) in [5.74, 6) is 0.851. The Hall–Kier alpha value is -3.39. The molecule has 3 aromatic rings. The Morgan fingerprint density at radius 2 is 1.73 bits per heavy atom. The molecule has 0 fully saturated rings. The third kappa shape index (κ3) is 6.10. The number of amides is 1. The highest BCUT2D eigenvalue weighted by molar-refractivity contribution is 6.03. The first-order valence-corrected chi connectivity index (χ1v) is 11.2. The molecule has 8 nitrogen and oxygen atoms in total. The molecule has 176 valence electrons. The standard InChI is InChI=1S/C25H33N5O3/c1-17(2)29(18(3)4)14-15-33-23-16-20(12-13-22(23)32-6)26-25(31)24-19(5)27-30(28-24)21-10-8-7-9-11-21/h7-13,16-18H,14-15H2,1-6H3,(H,26,31). The first-order valence-electron chi connectivity index (χ1n) is 11.2. The summed E-state index contributed by atoms with van der Waals surface area (Å²) in [6.45, 7) is 11.8. The van der Waals surface area contributed by atoms with Gasteiger partial charge >= 0.3 is 0 Å². The number of rotatable bonds is 10. The molecule has 1 aromatic heterocycles. The van der Waals surface area contributed by atoms with Crippen LogP contribution >= 0.6 is 0 Å². The van der Waals surface area contributed by atoms with Gasteiger partial charge in [-0.2, -0.15) is 9.90 Å². The molecule has 0 bridgehead atoms. The van der Waals surface area contributed by atoms with Gasteiger partial charge in [-0.15, -0.1) is 5.10 Å². The number of ether oxygens (including phenoxy) is 2. The largest absolute Gasteiger partial charge is 0.493 e. The first kappa shape index (κ1) is 24.3. The number of anilines is 1. The molecule has 0 aliphatic carbocycles. The molecule has 3 rings (SSSR count). The lowest BCUT2D eigenvalue weighted by Gasteiger charge is -2.30. The smallest absolute Gasteiger partial charge is 0.278 e. The fraction of sp³-hybridized carbons (Fsp3) is 0.400. The molecule has 0 aliphatic rings. The maximum atomic E-state index is 12.9. The van der Waals surface area contributed by atoms with Crippen molar-refractivity contribution in [1.29, 1.82) is 0 Å². The zero-order valence-electron chi connectivity index (χ0n) is 20.2. The van der Waals surface area contributed by atoms with Gasteiger partial charge < -0.3 is 14.8 Å². The van der Waals surface area contributed by atoms with Crippen LogP contribution in [-0.4, -0.2) is 58.1 Å². The summed E-state index contributed by atoms with van der Waals surface area (Å²) in [6, 6.07) is 15.6. The van der Waals surface area contributed by atoms with Gasteiger partial charge in [0.15, 0.2) is 17.2 Å². The summed E-state index contributed by atoms with van der Waals surface area (Å²) in [7, 11) is 1.60. The average molecular weight is 452 g/mol. The first-order chi connectivity index (χ1) is 15.8. The van der Waals surface area contributed by atoms with Gasteiger partial charge in [0, 0.05) is 30.4 Å². The maximum absolute atomic E-state index is 12.9. The van der Waals surface area contributed by atoms with E-state index in [9.17, 15) is 4.79 Å². The molecule has 0 atom stereocenters. The van der Waals surface area contributed by atoms with Gasteiger partial charge in [-0.25, -0.2) is 0 Å². The van der Waals surface area contributed by atoms with E-state index in [-0.39, 0.29) is 11.6 Å². The van der Waals surface area contributed by atoms with E-state index in [1.165, 1.54) is 4.80 Å². The second kappa shape index (κ2) is 11.0. The number of carbonyl (C=O) groups excluding carboxylic acids is 1. The molecule has 0 aliphatic heterocycles. The highest BCUT2D eigenvalue weighted by atomic mass is 16.5. The third-order valence-electron chi connectivity index (χ3n) is 5.34. The van der Waals surface area contributed by atoms with Crippen LogP contribution in [0.25, 0.3) is 5.69 Å². The van der Waals surface area contributed by atoms with Crippen LogP contribution < -0.4 is 14.8 Å². The van der Waals surface area contributed by atoms with Gasteiger partial charge in [0.05, 0.1) is 18.5 Å². The van der Waals surface area contributed by atoms with Crippen LogP contribution in [0.2, 0.25) is 0 Å². The zero-order valence-corrected chi connectivity index (χ0v) is 20.2. The quantitative estimate of drug-likeness (QED) is 0.494. The van der Waals surface area contributed by atoms with Crippen LogP contribution in [0.15, 0.2) is 48.5 Å². The number of para-hydroxylation sites is 1. The number of aryl methyl sites for hydroxylation is 1. The van der Waals surface area contributed by atoms with Crippen molar-refractivity contribution in [2.45, 2.75) is 46.7 Å². The number of aromatic nitrogens is 3. The van der Waals surface area contributed by atoms with Crippen LogP contribution in [0.3, 0.4) is 0 Å². The molecule has 0 saturated heterocycles. The minimum Gasteiger partial charge on any atom is -0.493 e. The van der Waals surface area contributed by atoms with Crippen molar-refractivity contribution in [3.8, 4) is 17.2 Å². The van der Waals surface area contributed by atoms with E-state index in [1.807, 2.05) is 30.3 Å². The Labute approximate surface area is 195 Å². The molecule has 1 N–H and O–H groups in total. The highest BCUT2D eigenvalue weighted by Crippen LogP contribution is 2.30. The maximum Gasteiger partial charge on any atom is 0.278 e. The molecule has 0 unspecified atom stereocenters. The second-order valence-corrected chi connectivity index (χ2v) is 8.35. The fourth-order valence-corrected chi connectivity index (χ4v) is 3.70. The summed E-state index contributed by atoms with van der Waals surface area (Å²) >= 11 is 0. The van der Waals surface area contributed by atoms with Crippen LogP contribution in [0.5, 0.6) is 11.5 Å². The number of hydrogen-bond donors (Lipinski definition) is 1. The number of methoxy groups -OCH3 is 1. The van der Waals surface area contributed by atoms with Crippen molar-refractivity contribution < 1.29 is 14.3 Å². The van der Waals surface area contributed by atoms with Gasteiger partial charge in [0.25, 0.3) is 5.91 Å². The van der Waals surface area contributed by atoms with E-state index in [2.05, 4.69) is 48.1 Å². The fourth-order valence-electron chi connectivity index (χ4n) is 3.70. The highest BCUT2D eigenvalue weighted by Gasteiger charge is 2.18. The predicted octanol–water partition coefficient (Wildman–Crippen LogP) is 4.33. The molecule has 0 saturated carbocycles.